The molecule has 6 rings (SSSR count). The molecule has 4 heteroatoms. The van der Waals surface area contributed by atoms with Gasteiger partial charge in [0.05, 0.1) is 5.69 Å². The average Bonchev–Trinajstić information content (AvgIpc) is 2.89. The SMILES string of the molecule is O=C1[C@H]2C3CCC(CC3)N2C(=O)N1c1ccc2ccccc2c1. The molecule has 4 nitrogen and oxygen atoms in total. The van der Waals surface area contributed by atoms with Gasteiger partial charge in [-0.25, -0.2) is 9.69 Å². The van der Waals surface area contributed by atoms with Crippen molar-refractivity contribution in [2.45, 2.75) is 37.8 Å². The molecule has 0 N–H and O–H groups in total. The summed E-state index contributed by atoms with van der Waals surface area (Å²) in [4.78, 5) is 29.1. The minimum atomic E-state index is -0.221. The molecule has 0 radical (unpaired) electrons. The van der Waals surface area contributed by atoms with E-state index in [0.717, 1.165) is 36.5 Å². The zero-order valence-electron chi connectivity index (χ0n) is 12.8. The summed E-state index contributed by atoms with van der Waals surface area (Å²) in [5.41, 5.74) is 0.701. The number of amides is 3. The van der Waals surface area contributed by atoms with E-state index >= 15 is 0 Å². The molecule has 3 amide bonds. The van der Waals surface area contributed by atoms with Crippen LogP contribution in [-0.2, 0) is 4.79 Å². The molecule has 1 saturated carbocycles. The van der Waals surface area contributed by atoms with Crippen LogP contribution in [0, 0.1) is 5.92 Å². The standard InChI is InChI=1S/C19H18N2O2/c22-18-17-13-6-8-15(9-7-13)20(17)19(23)21(18)16-10-5-12-3-1-2-4-14(12)11-16/h1-5,10-11,13,15,17H,6-9H2/t13?,15?,17-/m1/s1. The molecule has 3 heterocycles. The van der Waals surface area contributed by atoms with Gasteiger partial charge >= 0.3 is 6.03 Å². The van der Waals surface area contributed by atoms with Gasteiger partial charge in [0.2, 0.25) is 0 Å². The predicted molar refractivity (Wildman–Crippen MR) is 88.2 cm³/mol. The summed E-state index contributed by atoms with van der Waals surface area (Å²) in [5.74, 6) is 0.321. The van der Waals surface area contributed by atoms with E-state index in [1.54, 1.807) is 0 Å². The summed E-state index contributed by atoms with van der Waals surface area (Å²) in [5, 5.41) is 2.17. The third-order valence-corrected chi connectivity index (χ3v) is 5.76. The van der Waals surface area contributed by atoms with Gasteiger partial charge < -0.3 is 4.90 Å². The molecule has 3 saturated heterocycles. The second-order valence-corrected chi connectivity index (χ2v) is 6.91. The fourth-order valence-corrected chi connectivity index (χ4v) is 4.64. The van der Waals surface area contributed by atoms with Crippen LogP contribution in [0.3, 0.4) is 0 Å². The lowest BCUT2D eigenvalue weighted by molar-refractivity contribution is -0.124. The monoisotopic (exact) mass is 306 g/mol. The number of fused-ring (bicyclic) bond motifs is 3. The Kier molecular flexibility index (Phi) is 2.61. The average molecular weight is 306 g/mol. The van der Waals surface area contributed by atoms with Crippen molar-refractivity contribution in [3.63, 3.8) is 0 Å². The molecule has 2 aromatic carbocycles. The van der Waals surface area contributed by atoms with Crippen LogP contribution in [0.1, 0.15) is 25.7 Å². The summed E-state index contributed by atoms with van der Waals surface area (Å²) in [6.45, 7) is 0. The third kappa shape index (κ3) is 1.72. The van der Waals surface area contributed by atoms with Crippen molar-refractivity contribution in [1.29, 1.82) is 0 Å². The Balaban J connectivity index is 1.59. The van der Waals surface area contributed by atoms with Crippen LogP contribution < -0.4 is 4.90 Å². The Hall–Kier alpha value is -2.36. The number of hydrogen-bond donors (Lipinski definition) is 0. The zero-order valence-corrected chi connectivity index (χ0v) is 12.8. The predicted octanol–water partition coefficient (Wildman–Crippen LogP) is 3.55. The molecular weight excluding hydrogens is 288 g/mol. The highest BCUT2D eigenvalue weighted by molar-refractivity contribution is 6.22. The zero-order chi connectivity index (χ0) is 15.6. The lowest BCUT2D eigenvalue weighted by atomic mass is 9.75. The van der Waals surface area contributed by atoms with Crippen LogP contribution in [0.15, 0.2) is 42.5 Å². The van der Waals surface area contributed by atoms with E-state index < -0.39 is 0 Å². The number of imide groups is 1. The van der Waals surface area contributed by atoms with Crippen LogP contribution in [0.2, 0.25) is 0 Å². The van der Waals surface area contributed by atoms with Crippen molar-refractivity contribution in [2.24, 2.45) is 5.92 Å². The summed E-state index contributed by atoms with van der Waals surface area (Å²) < 4.78 is 0. The maximum absolute atomic E-state index is 12.9. The van der Waals surface area contributed by atoms with E-state index in [0.29, 0.717) is 11.6 Å². The Labute approximate surface area is 134 Å². The third-order valence-electron chi connectivity index (χ3n) is 5.76. The van der Waals surface area contributed by atoms with E-state index in [2.05, 4.69) is 0 Å². The Morgan fingerprint density at radius 2 is 1.61 bits per heavy atom. The van der Waals surface area contributed by atoms with Crippen molar-refractivity contribution >= 4 is 28.4 Å². The van der Waals surface area contributed by atoms with Gasteiger partial charge in [-0.05, 0) is 54.5 Å². The summed E-state index contributed by atoms with van der Waals surface area (Å²) in [6, 6.07) is 13.8. The van der Waals surface area contributed by atoms with Crippen LogP contribution in [-0.4, -0.2) is 28.9 Å². The van der Waals surface area contributed by atoms with Crippen LogP contribution >= 0.6 is 0 Å². The number of piperidine rings is 2. The number of hydrogen-bond acceptors (Lipinski definition) is 2. The van der Waals surface area contributed by atoms with Gasteiger partial charge in [-0.2, -0.15) is 0 Å². The van der Waals surface area contributed by atoms with Crippen LogP contribution in [0.4, 0.5) is 10.5 Å². The van der Waals surface area contributed by atoms with Crippen molar-refractivity contribution in [3.05, 3.63) is 42.5 Å². The topological polar surface area (TPSA) is 40.6 Å². The Bertz CT molecular complexity index is 793. The van der Waals surface area contributed by atoms with E-state index in [4.69, 9.17) is 0 Å². The molecule has 3 aliphatic heterocycles. The molecule has 2 bridgehead atoms. The van der Waals surface area contributed by atoms with E-state index in [1.807, 2.05) is 47.4 Å². The second kappa shape index (κ2) is 4.57. The lowest BCUT2D eigenvalue weighted by Gasteiger charge is -2.45. The van der Waals surface area contributed by atoms with E-state index in [-0.39, 0.29) is 24.0 Å². The lowest BCUT2D eigenvalue weighted by Crippen LogP contribution is -2.54. The summed E-state index contributed by atoms with van der Waals surface area (Å²) in [6.07, 6.45) is 4.25. The summed E-state index contributed by atoms with van der Waals surface area (Å²) in [7, 11) is 0. The van der Waals surface area contributed by atoms with Gasteiger partial charge in [0.1, 0.15) is 6.04 Å². The Morgan fingerprint density at radius 1 is 0.870 bits per heavy atom. The normalized spacial score (nSPS) is 29.5. The molecule has 0 aromatic heterocycles. The largest absolute Gasteiger partial charge is 0.332 e. The molecule has 1 aliphatic carbocycles. The number of benzene rings is 2. The fraction of sp³-hybridized carbons (Fsp3) is 0.368. The van der Waals surface area contributed by atoms with Gasteiger partial charge in [0, 0.05) is 6.04 Å². The maximum Gasteiger partial charge on any atom is 0.332 e. The first-order valence-electron chi connectivity index (χ1n) is 8.39. The molecule has 23 heavy (non-hydrogen) atoms. The van der Waals surface area contributed by atoms with E-state index in [1.165, 1.54) is 4.90 Å². The van der Waals surface area contributed by atoms with Crippen LogP contribution in [0.25, 0.3) is 10.8 Å². The first-order valence-corrected chi connectivity index (χ1v) is 8.39. The highest BCUT2D eigenvalue weighted by atomic mass is 16.2. The van der Waals surface area contributed by atoms with Crippen molar-refractivity contribution in [3.8, 4) is 0 Å². The van der Waals surface area contributed by atoms with Crippen LogP contribution in [0.5, 0.6) is 0 Å². The summed E-state index contributed by atoms with van der Waals surface area (Å²) >= 11 is 0. The van der Waals surface area contributed by atoms with Gasteiger partial charge in [0.15, 0.2) is 0 Å². The maximum atomic E-state index is 12.9. The number of nitrogens with zero attached hydrogens (tertiary/aromatic N) is 2. The molecule has 0 spiro atoms. The first-order chi connectivity index (χ1) is 11.2. The van der Waals surface area contributed by atoms with E-state index in [9.17, 15) is 9.59 Å². The van der Waals surface area contributed by atoms with Crippen molar-refractivity contribution in [1.82, 2.24) is 4.90 Å². The van der Waals surface area contributed by atoms with Gasteiger partial charge in [-0.1, -0.05) is 30.3 Å². The first kappa shape index (κ1) is 13.1. The number of rotatable bonds is 1. The molecule has 2 aromatic rings. The minimum absolute atomic E-state index is 0.0281. The fourth-order valence-electron chi connectivity index (χ4n) is 4.64. The number of urea groups is 1. The Morgan fingerprint density at radius 3 is 2.35 bits per heavy atom. The van der Waals surface area contributed by atoms with Crippen molar-refractivity contribution < 1.29 is 9.59 Å². The van der Waals surface area contributed by atoms with Gasteiger partial charge in [-0.3, -0.25) is 4.79 Å². The molecule has 4 aliphatic rings. The quantitative estimate of drug-likeness (QED) is 0.756. The molecule has 1 atom stereocenters. The second-order valence-electron chi connectivity index (χ2n) is 6.91. The highest BCUT2D eigenvalue weighted by Crippen LogP contribution is 2.44. The molecule has 0 unspecified atom stereocenters. The highest BCUT2D eigenvalue weighted by Gasteiger charge is 2.56. The number of anilines is 1. The number of carbonyl (C=O) groups is 2. The minimum Gasteiger partial charge on any atom is -0.309 e. The number of carbonyl (C=O) groups excluding carboxylic acids is 2. The smallest absolute Gasteiger partial charge is 0.309 e. The molecule has 4 fully saturated rings. The van der Waals surface area contributed by atoms with Gasteiger partial charge in [0.25, 0.3) is 5.91 Å². The van der Waals surface area contributed by atoms with Crippen molar-refractivity contribution in [2.75, 3.05) is 4.90 Å². The molecular formula is C19H18N2O2. The van der Waals surface area contributed by atoms with Gasteiger partial charge in [-0.15, -0.1) is 0 Å². The molecule has 116 valence electrons.